The molecule has 1 aromatic heterocycles. The maximum atomic E-state index is 12.5. The summed E-state index contributed by atoms with van der Waals surface area (Å²) in [6, 6.07) is 11.8. The van der Waals surface area contributed by atoms with E-state index in [-0.39, 0.29) is 17.1 Å². The molecular weight excluding hydrogens is 445 g/mol. The lowest BCUT2D eigenvalue weighted by atomic mass is 10.1. The molecule has 6 nitrogen and oxygen atoms in total. The maximum Gasteiger partial charge on any atom is 0.268 e. The van der Waals surface area contributed by atoms with Crippen molar-refractivity contribution >= 4 is 51.7 Å². The Labute approximate surface area is 187 Å². The van der Waals surface area contributed by atoms with Crippen LogP contribution in [0.4, 0.5) is 5.13 Å². The molecule has 0 radical (unpaired) electrons. The second kappa shape index (κ2) is 9.63. The SMILES string of the molecule is COc1cc(C=C(C#N)C(=O)Nc2ncc(Cc3cccc(Cl)c3Cl)s2)ccc1O. The Morgan fingerprint density at radius 1 is 1.37 bits per heavy atom. The number of nitrogens with zero attached hydrogens (tertiary/aromatic N) is 2. The maximum absolute atomic E-state index is 12.5. The Bertz CT molecular complexity index is 1170. The van der Waals surface area contributed by atoms with E-state index in [9.17, 15) is 15.2 Å². The number of hydrogen-bond acceptors (Lipinski definition) is 6. The van der Waals surface area contributed by atoms with E-state index >= 15 is 0 Å². The number of thiazole rings is 1. The number of anilines is 1. The van der Waals surface area contributed by atoms with E-state index in [1.165, 1.54) is 36.7 Å². The highest BCUT2D eigenvalue weighted by Crippen LogP contribution is 2.30. The Morgan fingerprint density at radius 3 is 2.90 bits per heavy atom. The van der Waals surface area contributed by atoms with Crippen LogP contribution in [0.15, 0.2) is 48.2 Å². The van der Waals surface area contributed by atoms with E-state index in [1.54, 1.807) is 18.3 Å². The Morgan fingerprint density at radius 2 is 2.17 bits per heavy atom. The van der Waals surface area contributed by atoms with Gasteiger partial charge < -0.3 is 9.84 Å². The van der Waals surface area contributed by atoms with Gasteiger partial charge in [0.25, 0.3) is 5.91 Å². The number of nitrogens with one attached hydrogen (secondary N) is 1. The number of nitriles is 1. The van der Waals surface area contributed by atoms with Crippen LogP contribution in [-0.2, 0) is 11.2 Å². The van der Waals surface area contributed by atoms with Crippen molar-refractivity contribution in [1.29, 1.82) is 5.26 Å². The molecule has 152 valence electrons. The number of methoxy groups -OCH3 is 1. The largest absolute Gasteiger partial charge is 0.504 e. The molecule has 1 amide bonds. The molecule has 0 aliphatic rings. The summed E-state index contributed by atoms with van der Waals surface area (Å²) in [5.41, 5.74) is 1.27. The number of hydrogen-bond donors (Lipinski definition) is 2. The third-order valence-corrected chi connectivity index (χ3v) is 5.82. The van der Waals surface area contributed by atoms with Gasteiger partial charge in [-0.05, 0) is 35.4 Å². The normalized spacial score (nSPS) is 11.1. The zero-order chi connectivity index (χ0) is 21.7. The van der Waals surface area contributed by atoms with Gasteiger partial charge in [-0.1, -0.05) is 41.4 Å². The Kier molecular flexibility index (Phi) is 6.95. The molecule has 2 aromatic carbocycles. The number of carbonyl (C=O) groups is 1. The molecule has 0 saturated carbocycles. The second-order valence-corrected chi connectivity index (χ2v) is 7.98. The summed E-state index contributed by atoms with van der Waals surface area (Å²) in [5, 5.41) is 23.0. The first-order valence-corrected chi connectivity index (χ1v) is 10.2. The number of rotatable bonds is 6. The van der Waals surface area contributed by atoms with Crippen molar-refractivity contribution in [3.05, 3.63) is 74.2 Å². The summed E-state index contributed by atoms with van der Waals surface area (Å²) in [6.45, 7) is 0. The zero-order valence-corrected chi connectivity index (χ0v) is 18.0. The molecule has 0 saturated heterocycles. The van der Waals surface area contributed by atoms with E-state index < -0.39 is 5.91 Å². The monoisotopic (exact) mass is 459 g/mol. The standard InChI is InChI=1S/C21H15Cl2N3O3S/c1-29-18-8-12(5-6-17(18)27)7-14(10-24)20(28)26-21-25-11-15(30-21)9-13-3-2-4-16(22)19(13)23/h2-8,11,27H,9H2,1H3,(H,25,26,28). The highest BCUT2D eigenvalue weighted by molar-refractivity contribution is 7.15. The molecule has 0 aliphatic carbocycles. The van der Waals surface area contributed by atoms with Gasteiger partial charge in [-0.3, -0.25) is 10.1 Å². The molecule has 0 aliphatic heterocycles. The fraction of sp³-hybridized carbons (Fsp3) is 0.0952. The molecule has 0 atom stereocenters. The molecule has 9 heteroatoms. The van der Waals surface area contributed by atoms with Crippen molar-refractivity contribution in [1.82, 2.24) is 4.98 Å². The third-order valence-electron chi connectivity index (χ3n) is 4.05. The summed E-state index contributed by atoms with van der Waals surface area (Å²) >= 11 is 13.5. The number of ether oxygens (including phenoxy) is 1. The van der Waals surface area contributed by atoms with E-state index in [4.69, 9.17) is 27.9 Å². The summed E-state index contributed by atoms with van der Waals surface area (Å²) in [6.07, 6.45) is 3.55. The van der Waals surface area contributed by atoms with Crippen LogP contribution in [-0.4, -0.2) is 23.1 Å². The van der Waals surface area contributed by atoms with Gasteiger partial charge in [0, 0.05) is 17.5 Å². The van der Waals surface area contributed by atoms with Crippen LogP contribution in [0.3, 0.4) is 0 Å². The number of carbonyl (C=O) groups excluding carboxylic acids is 1. The van der Waals surface area contributed by atoms with Crippen molar-refractivity contribution in [2.24, 2.45) is 0 Å². The van der Waals surface area contributed by atoms with Crippen LogP contribution in [0.2, 0.25) is 10.0 Å². The van der Waals surface area contributed by atoms with Crippen molar-refractivity contribution < 1.29 is 14.6 Å². The molecule has 3 aromatic rings. The first-order valence-electron chi connectivity index (χ1n) is 8.59. The zero-order valence-electron chi connectivity index (χ0n) is 15.6. The quantitative estimate of drug-likeness (QED) is 0.385. The number of benzene rings is 2. The minimum Gasteiger partial charge on any atom is -0.504 e. The number of halogens is 2. The van der Waals surface area contributed by atoms with Gasteiger partial charge >= 0.3 is 0 Å². The molecular formula is C21H15Cl2N3O3S. The van der Waals surface area contributed by atoms with Gasteiger partial charge in [-0.15, -0.1) is 11.3 Å². The molecule has 0 fully saturated rings. The van der Waals surface area contributed by atoms with E-state index in [2.05, 4.69) is 10.3 Å². The number of phenolic OH excluding ortho intramolecular Hbond substituents is 1. The van der Waals surface area contributed by atoms with Gasteiger partial charge in [-0.25, -0.2) is 4.98 Å². The van der Waals surface area contributed by atoms with Crippen LogP contribution in [0.1, 0.15) is 16.0 Å². The minimum absolute atomic E-state index is 0.0345. The average Bonchev–Trinajstić information content (AvgIpc) is 3.17. The van der Waals surface area contributed by atoms with Gasteiger partial charge in [0.05, 0.1) is 17.2 Å². The first kappa shape index (κ1) is 21.7. The summed E-state index contributed by atoms with van der Waals surface area (Å²) < 4.78 is 5.04. The number of aromatic nitrogens is 1. The minimum atomic E-state index is -0.591. The molecule has 30 heavy (non-hydrogen) atoms. The van der Waals surface area contributed by atoms with Gasteiger partial charge in [-0.2, -0.15) is 5.26 Å². The Balaban J connectivity index is 1.73. The fourth-order valence-corrected chi connectivity index (χ4v) is 3.80. The van der Waals surface area contributed by atoms with E-state index in [0.29, 0.717) is 27.2 Å². The summed E-state index contributed by atoms with van der Waals surface area (Å²) in [5.74, 6) is -0.385. The smallest absolute Gasteiger partial charge is 0.268 e. The second-order valence-electron chi connectivity index (χ2n) is 6.08. The van der Waals surface area contributed by atoms with Gasteiger partial charge in [0.1, 0.15) is 11.6 Å². The Hall–Kier alpha value is -3.05. The number of aromatic hydroxyl groups is 1. The van der Waals surface area contributed by atoms with E-state index in [1.807, 2.05) is 18.2 Å². The first-order chi connectivity index (χ1) is 14.4. The molecule has 2 N–H and O–H groups in total. The summed E-state index contributed by atoms with van der Waals surface area (Å²) in [7, 11) is 1.41. The molecule has 0 bridgehead atoms. The lowest BCUT2D eigenvalue weighted by molar-refractivity contribution is -0.112. The molecule has 3 rings (SSSR count). The van der Waals surface area contributed by atoms with Crippen LogP contribution >= 0.6 is 34.5 Å². The predicted octanol–water partition coefficient (Wildman–Crippen LogP) is 5.30. The highest BCUT2D eigenvalue weighted by atomic mass is 35.5. The lowest BCUT2D eigenvalue weighted by Crippen LogP contribution is -2.13. The van der Waals surface area contributed by atoms with Crippen LogP contribution in [0.25, 0.3) is 6.08 Å². The average molecular weight is 460 g/mol. The van der Waals surface area contributed by atoms with Gasteiger partial charge in [0.15, 0.2) is 16.6 Å². The van der Waals surface area contributed by atoms with E-state index in [0.717, 1.165) is 10.4 Å². The third kappa shape index (κ3) is 5.10. The van der Waals surface area contributed by atoms with Crippen LogP contribution in [0, 0.1) is 11.3 Å². The summed E-state index contributed by atoms with van der Waals surface area (Å²) in [4.78, 5) is 17.5. The molecule has 1 heterocycles. The van der Waals surface area contributed by atoms with Crippen molar-refractivity contribution in [2.45, 2.75) is 6.42 Å². The lowest BCUT2D eigenvalue weighted by Gasteiger charge is -2.05. The fourth-order valence-electron chi connectivity index (χ4n) is 2.58. The van der Waals surface area contributed by atoms with Crippen LogP contribution in [0.5, 0.6) is 11.5 Å². The predicted molar refractivity (Wildman–Crippen MR) is 118 cm³/mol. The molecule has 0 unspecified atom stereocenters. The molecule has 0 spiro atoms. The topological polar surface area (TPSA) is 95.2 Å². The highest BCUT2D eigenvalue weighted by Gasteiger charge is 2.14. The van der Waals surface area contributed by atoms with Crippen molar-refractivity contribution in [2.75, 3.05) is 12.4 Å². The number of phenols is 1. The van der Waals surface area contributed by atoms with Crippen LogP contribution < -0.4 is 10.1 Å². The van der Waals surface area contributed by atoms with Gasteiger partial charge in [0.2, 0.25) is 0 Å². The number of amides is 1. The van der Waals surface area contributed by atoms with Crippen molar-refractivity contribution in [3.8, 4) is 17.6 Å². The van der Waals surface area contributed by atoms with Crippen molar-refractivity contribution in [3.63, 3.8) is 0 Å².